The smallest absolute Gasteiger partial charge is 0.410 e. The van der Waals surface area contributed by atoms with Crippen molar-refractivity contribution in [1.29, 1.82) is 0 Å². The zero-order valence-corrected chi connectivity index (χ0v) is 26.6. The minimum Gasteiger partial charge on any atom is -0.477 e. The third-order valence-corrected chi connectivity index (χ3v) is 14.6. The molecule has 3 heterocycles. The fourth-order valence-corrected chi connectivity index (χ4v) is 8.49. The van der Waals surface area contributed by atoms with E-state index in [1.165, 1.54) is 22.7 Å². The normalized spacial score (nSPS) is 27.9. The maximum Gasteiger partial charge on any atom is 0.410 e. The van der Waals surface area contributed by atoms with Crippen molar-refractivity contribution < 1.29 is 33.4 Å². The average Bonchev–Trinajstić information content (AvgIpc) is 3.34. The third-order valence-electron chi connectivity index (χ3n) is 8.34. The van der Waals surface area contributed by atoms with E-state index in [-0.39, 0.29) is 52.6 Å². The van der Waals surface area contributed by atoms with Crippen LogP contribution >= 0.6 is 23.4 Å². The highest BCUT2D eigenvalue weighted by atomic mass is 35.5. The van der Waals surface area contributed by atoms with Crippen LogP contribution in [0, 0.1) is 11.8 Å². The summed E-state index contributed by atoms with van der Waals surface area (Å²) < 4.78 is 17.5. The van der Waals surface area contributed by atoms with Gasteiger partial charge in [0.25, 0.3) is 0 Å². The van der Waals surface area contributed by atoms with E-state index in [0.717, 1.165) is 0 Å². The van der Waals surface area contributed by atoms with Crippen molar-refractivity contribution in [2.24, 2.45) is 11.8 Å². The molecule has 6 atom stereocenters. The Morgan fingerprint density at radius 2 is 2.00 bits per heavy atom. The number of carboxylic acid groups (broad SMARTS) is 1. The molecule has 3 aliphatic heterocycles. The molecule has 220 valence electrons. The lowest BCUT2D eigenvalue weighted by atomic mass is 9.79. The van der Waals surface area contributed by atoms with Crippen LogP contribution in [0.4, 0.5) is 4.79 Å². The van der Waals surface area contributed by atoms with Gasteiger partial charge < -0.3 is 28.8 Å². The number of thioether (sulfide) groups is 1. The first kappa shape index (κ1) is 32.0. The molecule has 39 heavy (non-hydrogen) atoms. The molecule has 0 aromatic heterocycles. The van der Waals surface area contributed by atoms with Crippen molar-refractivity contribution in [1.82, 2.24) is 9.80 Å². The molecule has 2 saturated heterocycles. The number of rotatable bonds is 12. The number of carbonyl (C=O) groups excluding carboxylic acids is 2. The fraction of sp³-hybridized carbons (Fsp3) is 0.741. The van der Waals surface area contributed by atoms with Gasteiger partial charge in [0.15, 0.2) is 8.32 Å². The largest absolute Gasteiger partial charge is 0.477 e. The summed E-state index contributed by atoms with van der Waals surface area (Å²) in [5.41, 5.74) is 0.0564. The highest BCUT2D eigenvalue weighted by molar-refractivity contribution is 8.03. The van der Waals surface area contributed by atoms with E-state index in [9.17, 15) is 19.5 Å². The first-order valence-electron chi connectivity index (χ1n) is 13.5. The Labute approximate surface area is 242 Å². The van der Waals surface area contributed by atoms with Crippen molar-refractivity contribution >= 4 is 49.6 Å². The minimum atomic E-state index is -2.13. The molecule has 0 radical (unpaired) electrons. The molecular weight excluding hydrogens is 560 g/mol. The van der Waals surface area contributed by atoms with Crippen LogP contribution in [0.1, 0.15) is 41.0 Å². The van der Waals surface area contributed by atoms with Gasteiger partial charge in [0.1, 0.15) is 12.3 Å². The van der Waals surface area contributed by atoms with E-state index in [2.05, 4.69) is 40.4 Å². The fourth-order valence-electron chi connectivity index (χ4n) is 5.39. The topological polar surface area (TPSA) is 106 Å². The number of carboxylic acids is 1. The van der Waals surface area contributed by atoms with Crippen molar-refractivity contribution in [2.75, 3.05) is 32.2 Å². The van der Waals surface area contributed by atoms with Crippen LogP contribution in [0.2, 0.25) is 18.1 Å². The van der Waals surface area contributed by atoms with Gasteiger partial charge in [-0.3, -0.25) is 4.79 Å². The lowest BCUT2D eigenvalue weighted by Crippen LogP contribution is -2.65. The van der Waals surface area contributed by atoms with Gasteiger partial charge in [-0.15, -0.1) is 23.4 Å². The number of hydrogen-bond donors (Lipinski definition) is 1. The second-order valence-electron chi connectivity index (χ2n) is 12.0. The SMILES string of the molecule is C=CCOC(=O)N1C[C@@H](SC2=C(C(=O)O)N3C(=O)[C@H]([C@@H](C)O[Si](C)(C)C(C)(C)C)[C@H]3[C@H]2C)C[C@H]1COCCCl. The van der Waals surface area contributed by atoms with E-state index >= 15 is 0 Å². The minimum absolute atomic E-state index is 0.00822. The second-order valence-corrected chi connectivity index (χ2v) is 18.5. The molecule has 0 aliphatic carbocycles. The highest BCUT2D eigenvalue weighted by Crippen LogP contribution is 2.53. The van der Waals surface area contributed by atoms with Gasteiger partial charge in [0.2, 0.25) is 5.91 Å². The van der Waals surface area contributed by atoms with Gasteiger partial charge >= 0.3 is 12.1 Å². The first-order chi connectivity index (χ1) is 18.2. The predicted octanol–water partition coefficient (Wildman–Crippen LogP) is 4.92. The van der Waals surface area contributed by atoms with E-state index in [1.807, 2.05) is 13.8 Å². The van der Waals surface area contributed by atoms with Crippen molar-refractivity contribution in [2.45, 2.75) is 82.6 Å². The maximum absolute atomic E-state index is 13.4. The lowest BCUT2D eigenvalue weighted by Gasteiger charge is -2.50. The first-order valence-corrected chi connectivity index (χ1v) is 17.8. The lowest BCUT2D eigenvalue weighted by molar-refractivity contribution is -0.162. The van der Waals surface area contributed by atoms with Gasteiger partial charge in [-0.1, -0.05) is 40.3 Å². The van der Waals surface area contributed by atoms with E-state index < -0.39 is 26.3 Å². The number of nitrogens with zero attached hydrogens (tertiary/aromatic N) is 2. The molecule has 9 nitrogen and oxygen atoms in total. The number of fused-ring (bicyclic) bond motifs is 1. The zero-order chi connectivity index (χ0) is 29.3. The number of amides is 2. The molecule has 2 fully saturated rings. The third kappa shape index (κ3) is 6.53. The van der Waals surface area contributed by atoms with Crippen molar-refractivity contribution in [3.05, 3.63) is 23.3 Å². The van der Waals surface area contributed by atoms with Crippen LogP contribution < -0.4 is 0 Å². The molecule has 3 rings (SSSR count). The molecule has 1 N–H and O–H groups in total. The monoisotopic (exact) mass is 602 g/mol. The molecular formula is C27H43ClN2O7SSi. The van der Waals surface area contributed by atoms with Gasteiger partial charge in [-0.05, 0) is 31.5 Å². The van der Waals surface area contributed by atoms with E-state index in [4.69, 9.17) is 25.5 Å². The standard InChI is InChI=1S/C27H43ClN2O7SSi/c1-9-11-36-26(34)29-14-19(13-18(29)15-35-12-10-28)38-23-16(2)21-20(24(31)30(21)22(23)25(32)33)17(3)37-39(7,8)27(4,5)6/h9,16-21H,1,10-15H2,2-8H3,(H,32,33)/t16-,17-,18+,19+,20-,21-/m1/s1. The summed E-state index contributed by atoms with van der Waals surface area (Å²) >= 11 is 7.20. The van der Waals surface area contributed by atoms with E-state index in [0.29, 0.717) is 37.0 Å². The van der Waals surface area contributed by atoms with Crippen molar-refractivity contribution in [3.63, 3.8) is 0 Å². The Morgan fingerprint density at radius 1 is 1.33 bits per heavy atom. The van der Waals surface area contributed by atoms with Crippen LogP contribution in [-0.2, 0) is 23.5 Å². The number of halogens is 1. The quantitative estimate of drug-likeness (QED) is 0.110. The molecule has 0 bridgehead atoms. The number of β-lactam (4-membered cyclic amide) rings is 1. The average molecular weight is 603 g/mol. The Kier molecular flexibility index (Phi) is 10.3. The van der Waals surface area contributed by atoms with Crippen LogP contribution in [0.3, 0.4) is 0 Å². The van der Waals surface area contributed by atoms with Crippen LogP contribution in [0.5, 0.6) is 0 Å². The summed E-state index contributed by atoms with van der Waals surface area (Å²) in [6.45, 7) is 19.5. The number of likely N-dealkylation sites (tertiary alicyclic amines) is 1. The Balaban J connectivity index is 1.78. The number of ether oxygens (including phenoxy) is 2. The molecule has 3 aliphatic rings. The molecule has 0 aromatic carbocycles. The predicted molar refractivity (Wildman–Crippen MR) is 155 cm³/mol. The van der Waals surface area contributed by atoms with Gasteiger partial charge in [-0.2, -0.15) is 0 Å². The summed E-state index contributed by atoms with van der Waals surface area (Å²) in [4.78, 5) is 42.3. The summed E-state index contributed by atoms with van der Waals surface area (Å²) in [6.07, 6.45) is 1.34. The summed E-state index contributed by atoms with van der Waals surface area (Å²) in [5, 5.41) is 10.1. The molecule has 0 aromatic rings. The molecule has 2 amide bonds. The molecule has 0 spiro atoms. The molecule has 12 heteroatoms. The van der Waals surface area contributed by atoms with E-state index in [1.54, 1.807) is 4.90 Å². The summed E-state index contributed by atoms with van der Waals surface area (Å²) in [6, 6.07) is -0.484. The number of aliphatic carboxylic acids is 1. The van der Waals surface area contributed by atoms with Crippen LogP contribution in [-0.4, -0.2) is 96.9 Å². The van der Waals surface area contributed by atoms with Crippen LogP contribution in [0.25, 0.3) is 0 Å². The van der Waals surface area contributed by atoms with Gasteiger partial charge in [0, 0.05) is 28.5 Å². The number of alkyl halides is 1. The van der Waals surface area contributed by atoms with Crippen LogP contribution in [0.15, 0.2) is 23.3 Å². The Bertz CT molecular complexity index is 1000. The highest BCUT2D eigenvalue weighted by Gasteiger charge is 2.61. The Morgan fingerprint density at radius 3 is 2.56 bits per heavy atom. The zero-order valence-electron chi connectivity index (χ0n) is 24.1. The molecule has 0 saturated carbocycles. The van der Waals surface area contributed by atoms with Gasteiger partial charge in [-0.25, -0.2) is 9.59 Å². The van der Waals surface area contributed by atoms with Crippen molar-refractivity contribution in [3.8, 4) is 0 Å². The number of carbonyl (C=O) groups is 3. The van der Waals surface area contributed by atoms with Gasteiger partial charge in [0.05, 0.1) is 37.3 Å². The maximum atomic E-state index is 13.4. The molecule has 0 unspecified atom stereocenters. The number of hydrogen-bond acceptors (Lipinski definition) is 7. The second kappa shape index (κ2) is 12.5. The Hall–Kier alpha value is -1.53. The summed E-state index contributed by atoms with van der Waals surface area (Å²) in [5.74, 6) is -1.52. The summed E-state index contributed by atoms with van der Waals surface area (Å²) in [7, 11) is -2.13.